The van der Waals surface area contributed by atoms with Crippen molar-refractivity contribution in [1.82, 2.24) is 4.90 Å². The average Bonchev–Trinajstić information content (AvgIpc) is 2.54. The minimum Gasteiger partial charge on any atom is -0.481 e. The molecule has 130 valence electrons. The van der Waals surface area contributed by atoms with E-state index in [0.29, 0.717) is 30.6 Å². The number of carbonyl (C=O) groups is 3. The molecule has 0 radical (unpaired) electrons. The lowest BCUT2D eigenvalue weighted by molar-refractivity contribution is -0.150. The summed E-state index contributed by atoms with van der Waals surface area (Å²) in [6.07, 6.45) is 1.23. The topological polar surface area (TPSA) is 86.7 Å². The number of anilines is 1. The zero-order valence-corrected chi connectivity index (χ0v) is 14.3. The number of carboxylic acids is 1. The predicted molar refractivity (Wildman–Crippen MR) is 90.8 cm³/mol. The van der Waals surface area contributed by atoms with E-state index >= 15 is 0 Å². The van der Waals surface area contributed by atoms with Crippen molar-refractivity contribution >= 4 is 23.5 Å². The van der Waals surface area contributed by atoms with Crippen LogP contribution in [0.15, 0.2) is 24.3 Å². The molecule has 1 atom stereocenters. The zero-order chi connectivity index (χ0) is 17.9. The molecule has 1 aromatic rings. The fourth-order valence-corrected chi connectivity index (χ4v) is 2.79. The van der Waals surface area contributed by atoms with Crippen molar-refractivity contribution in [3.8, 4) is 0 Å². The Bertz CT molecular complexity index is 656. The summed E-state index contributed by atoms with van der Waals surface area (Å²) in [4.78, 5) is 37.5. The van der Waals surface area contributed by atoms with Gasteiger partial charge in [-0.15, -0.1) is 0 Å². The number of rotatable bonds is 4. The van der Waals surface area contributed by atoms with Gasteiger partial charge >= 0.3 is 5.97 Å². The van der Waals surface area contributed by atoms with Crippen molar-refractivity contribution in [2.75, 3.05) is 18.4 Å². The SMILES string of the molecule is CC(C)C(=O)Nc1cccc(C(=O)N2CCCC(C)(C(=O)O)C2)c1. The second-order valence-electron chi connectivity index (χ2n) is 6.92. The van der Waals surface area contributed by atoms with E-state index in [1.54, 1.807) is 49.9 Å². The van der Waals surface area contributed by atoms with Gasteiger partial charge < -0.3 is 15.3 Å². The first kappa shape index (κ1) is 18.0. The van der Waals surface area contributed by atoms with Crippen LogP contribution in [0.25, 0.3) is 0 Å². The Labute approximate surface area is 141 Å². The molecule has 1 aliphatic rings. The summed E-state index contributed by atoms with van der Waals surface area (Å²) in [7, 11) is 0. The van der Waals surface area contributed by atoms with Crippen molar-refractivity contribution < 1.29 is 19.5 Å². The molecule has 1 saturated heterocycles. The maximum absolute atomic E-state index is 12.7. The van der Waals surface area contributed by atoms with Crippen LogP contribution in [-0.2, 0) is 9.59 Å². The normalized spacial score (nSPS) is 20.8. The molecule has 2 rings (SSSR count). The minimum absolute atomic E-state index is 0.115. The van der Waals surface area contributed by atoms with Gasteiger partial charge in [-0.25, -0.2) is 0 Å². The molecule has 1 unspecified atom stereocenters. The van der Waals surface area contributed by atoms with Crippen molar-refractivity contribution in [3.05, 3.63) is 29.8 Å². The molecule has 0 spiro atoms. The van der Waals surface area contributed by atoms with Crippen LogP contribution in [0, 0.1) is 11.3 Å². The molecule has 6 heteroatoms. The van der Waals surface area contributed by atoms with Gasteiger partial charge in [-0.1, -0.05) is 19.9 Å². The van der Waals surface area contributed by atoms with E-state index in [1.807, 2.05) is 0 Å². The molecule has 2 N–H and O–H groups in total. The number of nitrogens with zero attached hydrogens (tertiary/aromatic N) is 1. The lowest BCUT2D eigenvalue weighted by Gasteiger charge is -2.37. The van der Waals surface area contributed by atoms with Crippen LogP contribution >= 0.6 is 0 Å². The van der Waals surface area contributed by atoms with Crippen molar-refractivity contribution in [3.63, 3.8) is 0 Å². The number of carboxylic acid groups (broad SMARTS) is 1. The third-order valence-corrected chi connectivity index (χ3v) is 4.40. The fourth-order valence-electron chi connectivity index (χ4n) is 2.79. The molecule has 0 saturated carbocycles. The van der Waals surface area contributed by atoms with Crippen molar-refractivity contribution in [2.45, 2.75) is 33.6 Å². The summed E-state index contributed by atoms with van der Waals surface area (Å²) in [6, 6.07) is 6.76. The summed E-state index contributed by atoms with van der Waals surface area (Å²) in [5.41, 5.74) is 0.112. The van der Waals surface area contributed by atoms with Crippen LogP contribution in [0.4, 0.5) is 5.69 Å². The second kappa shape index (κ2) is 7.03. The Morgan fingerprint density at radius 2 is 2.00 bits per heavy atom. The van der Waals surface area contributed by atoms with Crippen molar-refractivity contribution in [2.24, 2.45) is 11.3 Å². The summed E-state index contributed by atoms with van der Waals surface area (Å²) in [5.74, 6) is -1.35. The monoisotopic (exact) mass is 332 g/mol. The molecule has 1 aromatic carbocycles. The van der Waals surface area contributed by atoms with Crippen LogP contribution < -0.4 is 5.32 Å². The number of likely N-dealkylation sites (tertiary alicyclic amines) is 1. The number of carbonyl (C=O) groups excluding carboxylic acids is 2. The summed E-state index contributed by atoms with van der Waals surface area (Å²) >= 11 is 0. The number of aliphatic carboxylic acids is 1. The lowest BCUT2D eigenvalue weighted by atomic mass is 9.82. The Hall–Kier alpha value is -2.37. The van der Waals surface area contributed by atoms with E-state index in [-0.39, 0.29) is 24.3 Å². The third-order valence-electron chi connectivity index (χ3n) is 4.40. The molecule has 0 aliphatic carbocycles. The van der Waals surface area contributed by atoms with Crippen molar-refractivity contribution in [1.29, 1.82) is 0 Å². The van der Waals surface area contributed by atoms with Gasteiger partial charge in [-0.2, -0.15) is 0 Å². The Morgan fingerprint density at radius 1 is 1.29 bits per heavy atom. The van der Waals surface area contributed by atoms with Gasteiger partial charge in [-0.05, 0) is 38.0 Å². The van der Waals surface area contributed by atoms with Crippen LogP contribution in [0.3, 0.4) is 0 Å². The molecular weight excluding hydrogens is 308 g/mol. The van der Waals surface area contributed by atoms with Crippen LogP contribution in [0.1, 0.15) is 44.0 Å². The standard InChI is InChI=1S/C18H24N2O4/c1-12(2)15(21)19-14-7-4-6-13(10-14)16(22)20-9-5-8-18(3,11-20)17(23)24/h4,6-7,10,12H,5,8-9,11H2,1-3H3,(H,19,21)(H,23,24). The highest BCUT2D eigenvalue weighted by Gasteiger charge is 2.39. The first-order chi connectivity index (χ1) is 11.2. The van der Waals surface area contributed by atoms with Crippen LogP contribution in [0.2, 0.25) is 0 Å². The van der Waals surface area contributed by atoms with E-state index in [2.05, 4.69) is 5.32 Å². The fraction of sp³-hybridized carbons (Fsp3) is 0.500. The van der Waals surface area contributed by atoms with E-state index in [0.717, 1.165) is 0 Å². The zero-order valence-electron chi connectivity index (χ0n) is 14.3. The molecule has 0 aromatic heterocycles. The predicted octanol–water partition coefficient (Wildman–Crippen LogP) is 2.61. The van der Waals surface area contributed by atoms with Gasteiger partial charge in [0.25, 0.3) is 5.91 Å². The first-order valence-electron chi connectivity index (χ1n) is 8.16. The Morgan fingerprint density at radius 3 is 2.62 bits per heavy atom. The molecule has 0 bridgehead atoms. The van der Waals surface area contributed by atoms with Gasteiger partial charge in [0.15, 0.2) is 0 Å². The van der Waals surface area contributed by atoms with Gasteiger partial charge in [0.1, 0.15) is 0 Å². The number of benzene rings is 1. The molecule has 2 amide bonds. The Balaban J connectivity index is 2.15. The Kier molecular flexibility index (Phi) is 5.26. The van der Waals surface area contributed by atoms with Gasteiger partial charge in [0, 0.05) is 30.3 Å². The van der Waals surface area contributed by atoms with Crippen LogP contribution in [0.5, 0.6) is 0 Å². The third kappa shape index (κ3) is 3.93. The van der Waals surface area contributed by atoms with E-state index in [4.69, 9.17) is 0 Å². The molecule has 24 heavy (non-hydrogen) atoms. The number of hydrogen-bond acceptors (Lipinski definition) is 3. The number of nitrogens with one attached hydrogen (secondary N) is 1. The van der Waals surface area contributed by atoms with E-state index in [9.17, 15) is 19.5 Å². The average molecular weight is 332 g/mol. The minimum atomic E-state index is -0.905. The highest BCUT2D eigenvalue weighted by molar-refractivity contribution is 5.97. The smallest absolute Gasteiger partial charge is 0.311 e. The molecule has 1 aliphatic heterocycles. The number of piperidine rings is 1. The van der Waals surface area contributed by atoms with Gasteiger partial charge in [0.05, 0.1) is 5.41 Å². The number of hydrogen-bond donors (Lipinski definition) is 2. The molecule has 1 heterocycles. The van der Waals surface area contributed by atoms with Gasteiger partial charge in [0.2, 0.25) is 5.91 Å². The second-order valence-corrected chi connectivity index (χ2v) is 6.92. The molecule has 1 fully saturated rings. The largest absolute Gasteiger partial charge is 0.481 e. The van der Waals surface area contributed by atoms with E-state index in [1.165, 1.54) is 0 Å². The molecule has 6 nitrogen and oxygen atoms in total. The summed E-state index contributed by atoms with van der Waals surface area (Å²) in [5, 5.41) is 12.1. The van der Waals surface area contributed by atoms with E-state index < -0.39 is 11.4 Å². The highest BCUT2D eigenvalue weighted by atomic mass is 16.4. The maximum Gasteiger partial charge on any atom is 0.311 e. The first-order valence-corrected chi connectivity index (χ1v) is 8.16. The quantitative estimate of drug-likeness (QED) is 0.887. The number of amides is 2. The summed E-state index contributed by atoms with van der Waals surface area (Å²) in [6.45, 7) is 6.01. The highest BCUT2D eigenvalue weighted by Crippen LogP contribution is 2.30. The summed E-state index contributed by atoms with van der Waals surface area (Å²) < 4.78 is 0. The molecular formula is C18H24N2O4. The lowest BCUT2D eigenvalue weighted by Crippen LogP contribution is -2.48. The maximum atomic E-state index is 12.7. The van der Waals surface area contributed by atoms with Crippen LogP contribution in [-0.4, -0.2) is 40.9 Å². The van der Waals surface area contributed by atoms with Gasteiger partial charge in [-0.3, -0.25) is 14.4 Å².